The number of nitrogens with one attached hydrogen (secondary N) is 1. The molecule has 2 aromatic rings. The molecule has 25 heavy (non-hydrogen) atoms. The van der Waals surface area contributed by atoms with Crippen molar-refractivity contribution >= 4 is 5.91 Å². The Morgan fingerprint density at radius 3 is 2.64 bits per heavy atom. The number of amides is 1. The van der Waals surface area contributed by atoms with E-state index in [-0.39, 0.29) is 11.9 Å². The molecule has 3 rings (SSSR count). The molecular formula is C18H24N4O3. The number of aryl methyl sites for hydroxylation is 2. The minimum Gasteiger partial charge on any atom is -0.497 e. The molecule has 2 heterocycles. The highest BCUT2D eigenvalue weighted by atomic mass is 16.5. The third kappa shape index (κ3) is 3.92. The van der Waals surface area contributed by atoms with Gasteiger partial charge in [0.2, 0.25) is 5.91 Å². The van der Waals surface area contributed by atoms with Crippen LogP contribution < -0.4 is 14.8 Å². The second-order valence-corrected chi connectivity index (χ2v) is 6.24. The third-order valence-electron chi connectivity index (χ3n) is 4.45. The molecule has 0 unspecified atom stereocenters. The van der Waals surface area contributed by atoms with Crippen molar-refractivity contribution in [2.75, 3.05) is 14.2 Å². The highest BCUT2D eigenvalue weighted by molar-refractivity contribution is 5.76. The van der Waals surface area contributed by atoms with E-state index in [4.69, 9.17) is 9.47 Å². The summed E-state index contributed by atoms with van der Waals surface area (Å²) in [4.78, 5) is 12.3. The van der Waals surface area contributed by atoms with Crippen LogP contribution in [0, 0.1) is 0 Å². The van der Waals surface area contributed by atoms with Crippen molar-refractivity contribution in [2.45, 2.75) is 45.2 Å². The first-order valence-electron chi connectivity index (χ1n) is 8.54. The lowest BCUT2D eigenvalue weighted by atomic mass is 10.1. The SMILES string of the molecule is COc1cc(CCC(=O)N[C@@H](C)c2nnc3n2CCC3)cc(OC)c1. The van der Waals surface area contributed by atoms with Gasteiger partial charge in [0.1, 0.15) is 17.3 Å². The van der Waals surface area contributed by atoms with Crippen LogP contribution in [0.1, 0.15) is 43.0 Å². The third-order valence-corrected chi connectivity index (χ3v) is 4.45. The zero-order valence-corrected chi connectivity index (χ0v) is 14.9. The maximum absolute atomic E-state index is 12.3. The number of rotatable bonds is 7. The predicted molar refractivity (Wildman–Crippen MR) is 92.8 cm³/mol. The zero-order chi connectivity index (χ0) is 17.8. The maximum atomic E-state index is 12.3. The summed E-state index contributed by atoms with van der Waals surface area (Å²) in [5, 5.41) is 11.4. The smallest absolute Gasteiger partial charge is 0.220 e. The van der Waals surface area contributed by atoms with Crippen molar-refractivity contribution in [3.8, 4) is 11.5 Å². The quantitative estimate of drug-likeness (QED) is 0.832. The summed E-state index contributed by atoms with van der Waals surface area (Å²) < 4.78 is 12.6. The second kappa shape index (κ2) is 7.55. The molecule has 0 saturated heterocycles. The maximum Gasteiger partial charge on any atom is 0.220 e. The van der Waals surface area contributed by atoms with Crippen LogP contribution in [0.4, 0.5) is 0 Å². The van der Waals surface area contributed by atoms with E-state index in [1.165, 1.54) is 0 Å². The van der Waals surface area contributed by atoms with E-state index in [1.54, 1.807) is 14.2 Å². The van der Waals surface area contributed by atoms with E-state index in [1.807, 2.05) is 25.1 Å². The average molecular weight is 344 g/mol. The van der Waals surface area contributed by atoms with E-state index in [0.717, 1.165) is 48.1 Å². The molecule has 0 bridgehead atoms. The van der Waals surface area contributed by atoms with Crippen LogP contribution in [0.5, 0.6) is 11.5 Å². The van der Waals surface area contributed by atoms with Gasteiger partial charge in [-0.1, -0.05) is 0 Å². The number of hydrogen-bond donors (Lipinski definition) is 1. The fourth-order valence-corrected chi connectivity index (χ4v) is 3.14. The highest BCUT2D eigenvalue weighted by Crippen LogP contribution is 2.23. The summed E-state index contributed by atoms with van der Waals surface area (Å²) in [5.74, 6) is 3.29. The molecule has 7 nitrogen and oxygen atoms in total. The summed E-state index contributed by atoms with van der Waals surface area (Å²) in [7, 11) is 3.23. The van der Waals surface area contributed by atoms with E-state index in [9.17, 15) is 4.79 Å². The van der Waals surface area contributed by atoms with Gasteiger partial charge in [-0.15, -0.1) is 10.2 Å². The van der Waals surface area contributed by atoms with Crippen molar-refractivity contribution in [3.63, 3.8) is 0 Å². The van der Waals surface area contributed by atoms with E-state index < -0.39 is 0 Å². The van der Waals surface area contributed by atoms with Crippen molar-refractivity contribution in [3.05, 3.63) is 35.4 Å². The minimum absolute atomic E-state index is 0.00960. The molecule has 0 radical (unpaired) electrons. The molecule has 1 N–H and O–H groups in total. The Kier molecular flexibility index (Phi) is 5.21. The highest BCUT2D eigenvalue weighted by Gasteiger charge is 2.22. The number of carbonyl (C=O) groups excluding carboxylic acids is 1. The Bertz CT molecular complexity index is 735. The van der Waals surface area contributed by atoms with Gasteiger partial charge in [-0.3, -0.25) is 4.79 Å². The number of benzene rings is 1. The molecule has 7 heteroatoms. The molecule has 1 aliphatic rings. The molecule has 0 fully saturated rings. The van der Waals surface area contributed by atoms with Gasteiger partial charge in [-0.05, 0) is 37.5 Å². The van der Waals surface area contributed by atoms with Gasteiger partial charge in [0.05, 0.1) is 20.3 Å². The van der Waals surface area contributed by atoms with Gasteiger partial charge >= 0.3 is 0 Å². The summed E-state index contributed by atoms with van der Waals surface area (Å²) in [5.41, 5.74) is 1.00. The van der Waals surface area contributed by atoms with E-state index in [2.05, 4.69) is 20.1 Å². The number of hydrogen-bond acceptors (Lipinski definition) is 5. The van der Waals surface area contributed by atoms with Crippen LogP contribution in [0.25, 0.3) is 0 Å². The van der Waals surface area contributed by atoms with Crippen molar-refractivity contribution in [1.29, 1.82) is 0 Å². The molecular weight excluding hydrogens is 320 g/mol. The number of nitrogens with zero attached hydrogens (tertiary/aromatic N) is 3. The predicted octanol–water partition coefficient (Wildman–Crippen LogP) is 2.05. The van der Waals surface area contributed by atoms with E-state index in [0.29, 0.717) is 12.8 Å². The van der Waals surface area contributed by atoms with Crippen LogP contribution >= 0.6 is 0 Å². The second-order valence-electron chi connectivity index (χ2n) is 6.24. The van der Waals surface area contributed by atoms with Crippen LogP contribution in [0.3, 0.4) is 0 Å². The summed E-state index contributed by atoms with van der Waals surface area (Å²) >= 11 is 0. The fourth-order valence-electron chi connectivity index (χ4n) is 3.14. The topological polar surface area (TPSA) is 78.3 Å². The Morgan fingerprint density at radius 2 is 1.96 bits per heavy atom. The first kappa shape index (κ1) is 17.3. The lowest BCUT2D eigenvalue weighted by Crippen LogP contribution is -2.28. The van der Waals surface area contributed by atoms with Crippen LogP contribution in [-0.2, 0) is 24.2 Å². The molecule has 1 aromatic carbocycles. The van der Waals surface area contributed by atoms with Gasteiger partial charge in [-0.2, -0.15) is 0 Å². The van der Waals surface area contributed by atoms with Crippen molar-refractivity contribution < 1.29 is 14.3 Å². The first-order chi connectivity index (χ1) is 12.1. The number of methoxy groups -OCH3 is 2. The monoisotopic (exact) mass is 344 g/mol. The zero-order valence-electron chi connectivity index (χ0n) is 14.9. The Balaban J connectivity index is 1.57. The summed E-state index contributed by atoms with van der Waals surface area (Å²) in [6, 6.07) is 5.51. The summed E-state index contributed by atoms with van der Waals surface area (Å²) in [6.45, 7) is 2.88. The largest absolute Gasteiger partial charge is 0.497 e. The lowest BCUT2D eigenvalue weighted by molar-refractivity contribution is -0.121. The Morgan fingerprint density at radius 1 is 1.24 bits per heavy atom. The molecule has 1 aliphatic heterocycles. The minimum atomic E-state index is -0.147. The van der Waals surface area contributed by atoms with Gasteiger partial charge in [0, 0.05) is 25.5 Å². The Hall–Kier alpha value is -2.57. The van der Waals surface area contributed by atoms with Crippen LogP contribution in [0.15, 0.2) is 18.2 Å². The number of fused-ring (bicyclic) bond motifs is 1. The van der Waals surface area contributed by atoms with Gasteiger partial charge < -0.3 is 19.4 Å². The van der Waals surface area contributed by atoms with E-state index >= 15 is 0 Å². The normalized spacial score (nSPS) is 14.0. The van der Waals surface area contributed by atoms with Crippen molar-refractivity contribution in [1.82, 2.24) is 20.1 Å². The molecule has 1 atom stereocenters. The molecule has 1 aromatic heterocycles. The average Bonchev–Trinajstić information content (AvgIpc) is 3.22. The molecule has 0 aliphatic carbocycles. The van der Waals surface area contributed by atoms with Gasteiger partial charge in [0.15, 0.2) is 5.82 Å². The standard InChI is InChI=1S/C18H24N4O3/c1-12(18-21-20-16-5-4-8-22(16)18)19-17(23)7-6-13-9-14(24-2)11-15(10-13)25-3/h9-12H,4-8H2,1-3H3,(H,19,23)/t12-/m0/s1. The summed E-state index contributed by atoms with van der Waals surface area (Å²) in [6.07, 6.45) is 3.06. The fraction of sp³-hybridized carbons (Fsp3) is 0.500. The molecule has 1 amide bonds. The first-order valence-corrected chi connectivity index (χ1v) is 8.54. The van der Waals surface area contributed by atoms with Crippen LogP contribution in [-0.4, -0.2) is 34.9 Å². The molecule has 0 saturated carbocycles. The van der Waals surface area contributed by atoms with Gasteiger partial charge in [-0.25, -0.2) is 0 Å². The molecule has 0 spiro atoms. The lowest BCUT2D eigenvalue weighted by Gasteiger charge is -2.14. The van der Waals surface area contributed by atoms with Gasteiger partial charge in [0.25, 0.3) is 0 Å². The molecule has 134 valence electrons. The van der Waals surface area contributed by atoms with Crippen molar-refractivity contribution in [2.24, 2.45) is 0 Å². The number of aromatic nitrogens is 3. The number of ether oxygens (including phenoxy) is 2. The number of carbonyl (C=O) groups is 1. The Labute approximate surface area is 147 Å². The van der Waals surface area contributed by atoms with Crippen LogP contribution in [0.2, 0.25) is 0 Å².